The molecule has 19 heavy (non-hydrogen) atoms. The van der Waals surface area contributed by atoms with Crippen molar-refractivity contribution in [2.75, 3.05) is 0 Å². The molecule has 0 aliphatic heterocycles. The van der Waals surface area contributed by atoms with Gasteiger partial charge in [-0.25, -0.2) is 9.78 Å². The van der Waals surface area contributed by atoms with Crippen molar-refractivity contribution in [1.29, 1.82) is 0 Å². The molecule has 0 saturated carbocycles. The van der Waals surface area contributed by atoms with Gasteiger partial charge in [-0.2, -0.15) is 0 Å². The first-order chi connectivity index (χ1) is 8.73. The Morgan fingerprint density at radius 1 is 1.47 bits per heavy atom. The summed E-state index contributed by atoms with van der Waals surface area (Å²) in [5.41, 5.74) is -0.372. The van der Waals surface area contributed by atoms with Crippen LogP contribution < -0.4 is 0 Å². The maximum Gasteiger partial charge on any atom is 0.358 e. The standard InChI is InChI=1S/C13H17NO4S/c1-6-10(17-8(2)15)11-14-9(7-19-11)12(16)18-13(3,4)5/h6-7,10H,1H2,2-5H3/t10-/m0/s1. The SMILES string of the molecule is C=C[C@H](OC(C)=O)c1nc(C(=O)OC(C)(C)C)cs1. The van der Waals surface area contributed by atoms with Gasteiger partial charge in [-0.15, -0.1) is 11.3 Å². The molecular weight excluding hydrogens is 266 g/mol. The van der Waals surface area contributed by atoms with Gasteiger partial charge in [0, 0.05) is 12.3 Å². The van der Waals surface area contributed by atoms with Gasteiger partial charge >= 0.3 is 11.9 Å². The van der Waals surface area contributed by atoms with Gasteiger partial charge < -0.3 is 9.47 Å². The van der Waals surface area contributed by atoms with Crippen LogP contribution in [-0.4, -0.2) is 22.5 Å². The predicted molar refractivity (Wildman–Crippen MR) is 72.0 cm³/mol. The lowest BCUT2D eigenvalue weighted by Gasteiger charge is -2.18. The molecule has 0 radical (unpaired) electrons. The molecule has 1 rings (SSSR count). The molecule has 0 N–H and O–H groups in total. The summed E-state index contributed by atoms with van der Waals surface area (Å²) in [6.07, 6.45) is 0.817. The number of hydrogen-bond donors (Lipinski definition) is 0. The Hall–Kier alpha value is -1.69. The van der Waals surface area contributed by atoms with Crippen LogP contribution in [0.3, 0.4) is 0 Å². The van der Waals surface area contributed by atoms with Crippen molar-refractivity contribution in [3.05, 3.63) is 28.7 Å². The number of aromatic nitrogens is 1. The molecule has 0 aliphatic carbocycles. The second-order valence-corrected chi connectivity index (χ2v) is 5.73. The van der Waals surface area contributed by atoms with E-state index in [4.69, 9.17) is 9.47 Å². The lowest BCUT2D eigenvalue weighted by atomic mass is 10.2. The summed E-state index contributed by atoms with van der Waals surface area (Å²) in [6.45, 7) is 10.2. The molecule has 0 fully saturated rings. The van der Waals surface area contributed by atoms with Crippen LogP contribution in [0.1, 0.15) is 49.3 Å². The first kappa shape index (κ1) is 15.4. The van der Waals surface area contributed by atoms with Crippen LogP contribution in [0.15, 0.2) is 18.0 Å². The number of ether oxygens (including phenoxy) is 2. The van der Waals surface area contributed by atoms with Gasteiger partial charge in [-0.1, -0.05) is 6.58 Å². The van der Waals surface area contributed by atoms with E-state index in [1.54, 1.807) is 26.2 Å². The first-order valence-corrected chi connectivity index (χ1v) is 6.59. The molecule has 1 heterocycles. The molecule has 0 aliphatic rings. The number of hydrogen-bond acceptors (Lipinski definition) is 6. The number of thiazole rings is 1. The fourth-order valence-electron chi connectivity index (χ4n) is 1.22. The topological polar surface area (TPSA) is 65.5 Å². The second kappa shape index (κ2) is 5.97. The summed E-state index contributed by atoms with van der Waals surface area (Å²) in [6, 6.07) is 0. The molecule has 0 unspecified atom stereocenters. The number of nitrogens with zero attached hydrogens (tertiary/aromatic N) is 1. The van der Waals surface area contributed by atoms with Crippen LogP contribution in [0.5, 0.6) is 0 Å². The monoisotopic (exact) mass is 283 g/mol. The van der Waals surface area contributed by atoms with Gasteiger partial charge in [-0.05, 0) is 26.8 Å². The van der Waals surface area contributed by atoms with E-state index >= 15 is 0 Å². The Bertz CT molecular complexity index is 487. The normalized spacial score (nSPS) is 12.6. The molecule has 0 spiro atoms. The molecule has 0 amide bonds. The minimum absolute atomic E-state index is 0.203. The van der Waals surface area contributed by atoms with Crippen molar-refractivity contribution in [3.8, 4) is 0 Å². The third-order valence-electron chi connectivity index (χ3n) is 1.88. The van der Waals surface area contributed by atoms with E-state index in [2.05, 4.69) is 11.6 Å². The third-order valence-corrected chi connectivity index (χ3v) is 2.79. The first-order valence-electron chi connectivity index (χ1n) is 5.71. The molecule has 1 aromatic rings. The predicted octanol–water partition coefficient (Wildman–Crippen LogP) is 2.89. The fourth-order valence-corrected chi connectivity index (χ4v) is 2.03. The van der Waals surface area contributed by atoms with Crippen molar-refractivity contribution in [1.82, 2.24) is 4.98 Å². The molecule has 1 atom stereocenters. The van der Waals surface area contributed by atoms with Gasteiger partial charge in [0.05, 0.1) is 0 Å². The molecule has 0 aromatic carbocycles. The smallest absolute Gasteiger partial charge is 0.358 e. The van der Waals surface area contributed by atoms with Crippen LogP contribution >= 0.6 is 11.3 Å². The minimum Gasteiger partial charge on any atom is -0.455 e. The van der Waals surface area contributed by atoms with E-state index in [0.717, 1.165) is 0 Å². The highest BCUT2D eigenvalue weighted by molar-refractivity contribution is 7.09. The van der Waals surface area contributed by atoms with Gasteiger partial charge in [0.1, 0.15) is 10.6 Å². The zero-order valence-corrected chi connectivity index (χ0v) is 12.2. The van der Waals surface area contributed by atoms with Crippen LogP contribution in [0, 0.1) is 0 Å². The second-order valence-electron chi connectivity index (χ2n) is 4.84. The third kappa shape index (κ3) is 4.82. The van der Waals surface area contributed by atoms with Crippen LogP contribution in [-0.2, 0) is 14.3 Å². The molecule has 0 bridgehead atoms. The molecule has 0 saturated heterocycles. The Morgan fingerprint density at radius 2 is 2.11 bits per heavy atom. The highest BCUT2D eigenvalue weighted by atomic mass is 32.1. The summed E-state index contributed by atoms with van der Waals surface area (Å²) in [5, 5.41) is 2.06. The molecule has 104 valence electrons. The maximum atomic E-state index is 11.8. The largest absolute Gasteiger partial charge is 0.455 e. The van der Waals surface area contributed by atoms with Gasteiger partial charge in [0.25, 0.3) is 0 Å². The Morgan fingerprint density at radius 3 is 2.58 bits per heavy atom. The van der Waals surface area contributed by atoms with Crippen molar-refractivity contribution >= 4 is 23.3 Å². The number of esters is 2. The van der Waals surface area contributed by atoms with Gasteiger partial charge in [-0.3, -0.25) is 4.79 Å². The van der Waals surface area contributed by atoms with E-state index in [-0.39, 0.29) is 5.69 Å². The Kier molecular flexibility index (Phi) is 4.83. The molecule has 1 aromatic heterocycles. The van der Waals surface area contributed by atoms with Gasteiger partial charge in [0.2, 0.25) is 0 Å². The number of carbonyl (C=O) groups excluding carboxylic acids is 2. The van der Waals surface area contributed by atoms with Crippen molar-refractivity contribution in [3.63, 3.8) is 0 Å². The van der Waals surface area contributed by atoms with E-state index in [1.165, 1.54) is 24.3 Å². The quantitative estimate of drug-likeness (QED) is 0.628. The summed E-state index contributed by atoms with van der Waals surface area (Å²) < 4.78 is 10.2. The summed E-state index contributed by atoms with van der Waals surface area (Å²) in [4.78, 5) is 26.8. The van der Waals surface area contributed by atoms with Crippen LogP contribution in [0.25, 0.3) is 0 Å². The van der Waals surface area contributed by atoms with E-state index in [9.17, 15) is 9.59 Å². The van der Waals surface area contributed by atoms with Crippen LogP contribution in [0.2, 0.25) is 0 Å². The lowest BCUT2D eigenvalue weighted by molar-refractivity contribution is -0.144. The molecular formula is C13H17NO4S. The van der Waals surface area contributed by atoms with E-state index in [1.807, 2.05) is 0 Å². The zero-order valence-electron chi connectivity index (χ0n) is 11.4. The molecule has 6 heteroatoms. The Balaban J connectivity index is 2.84. The van der Waals surface area contributed by atoms with Gasteiger partial charge in [0.15, 0.2) is 11.8 Å². The average Bonchev–Trinajstić information content (AvgIpc) is 2.72. The van der Waals surface area contributed by atoms with E-state index < -0.39 is 23.6 Å². The van der Waals surface area contributed by atoms with E-state index in [0.29, 0.717) is 5.01 Å². The highest BCUT2D eigenvalue weighted by Gasteiger charge is 2.22. The lowest BCUT2D eigenvalue weighted by Crippen LogP contribution is -2.24. The van der Waals surface area contributed by atoms with Crippen molar-refractivity contribution in [2.24, 2.45) is 0 Å². The van der Waals surface area contributed by atoms with Crippen molar-refractivity contribution < 1.29 is 19.1 Å². The number of carbonyl (C=O) groups is 2. The highest BCUT2D eigenvalue weighted by Crippen LogP contribution is 2.24. The summed E-state index contributed by atoms with van der Waals surface area (Å²) >= 11 is 1.22. The van der Waals surface area contributed by atoms with Crippen LogP contribution in [0.4, 0.5) is 0 Å². The Labute approximate surface area is 116 Å². The fraction of sp³-hybridized carbons (Fsp3) is 0.462. The molecule has 5 nitrogen and oxygen atoms in total. The maximum absolute atomic E-state index is 11.8. The summed E-state index contributed by atoms with van der Waals surface area (Å²) in [5.74, 6) is -0.931. The summed E-state index contributed by atoms with van der Waals surface area (Å²) in [7, 11) is 0. The van der Waals surface area contributed by atoms with Crippen molar-refractivity contribution in [2.45, 2.75) is 39.4 Å². The zero-order chi connectivity index (χ0) is 14.6. The number of rotatable bonds is 4. The average molecular weight is 283 g/mol. The minimum atomic E-state index is -0.640.